The van der Waals surface area contributed by atoms with Crippen molar-refractivity contribution in [3.05, 3.63) is 39.9 Å². The van der Waals surface area contributed by atoms with E-state index in [0.717, 1.165) is 24.9 Å². The van der Waals surface area contributed by atoms with Crippen LogP contribution in [0.15, 0.2) is 24.3 Å². The molecule has 6 nitrogen and oxygen atoms in total. The Labute approximate surface area is 148 Å². The SMILES string of the molecule is CC(=O)OC(CN1CC[C@H]2CCCC[C@@H]2C1)c1cccc([N+](=O)[O-])c1. The summed E-state index contributed by atoms with van der Waals surface area (Å²) in [5.41, 5.74) is 0.718. The first-order valence-corrected chi connectivity index (χ1v) is 9.17. The van der Waals surface area contributed by atoms with Gasteiger partial charge in [-0.3, -0.25) is 19.8 Å². The molecule has 3 rings (SSSR count). The quantitative estimate of drug-likeness (QED) is 0.462. The van der Waals surface area contributed by atoms with E-state index in [1.54, 1.807) is 12.1 Å². The predicted molar refractivity (Wildman–Crippen MR) is 94.1 cm³/mol. The van der Waals surface area contributed by atoms with Crippen molar-refractivity contribution in [3.63, 3.8) is 0 Å². The van der Waals surface area contributed by atoms with Gasteiger partial charge in [0.1, 0.15) is 6.10 Å². The molecule has 2 aliphatic rings. The maximum atomic E-state index is 11.5. The van der Waals surface area contributed by atoms with Gasteiger partial charge < -0.3 is 4.74 Å². The largest absolute Gasteiger partial charge is 0.456 e. The fourth-order valence-electron chi connectivity index (χ4n) is 4.33. The van der Waals surface area contributed by atoms with Gasteiger partial charge in [-0.05, 0) is 31.2 Å². The predicted octanol–water partition coefficient (Wildman–Crippen LogP) is 3.71. The summed E-state index contributed by atoms with van der Waals surface area (Å²) in [5.74, 6) is 1.23. The minimum absolute atomic E-state index is 0.0284. The number of hydrogen-bond acceptors (Lipinski definition) is 5. The van der Waals surface area contributed by atoms with Crippen LogP contribution in [-0.4, -0.2) is 35.4 Å². The van der Waals surface area contributed by atoms with E-state index in [1.807, 2.05) is 0 Å². The number of nitro benzene ring substituents is 1. The number of fused-ring (bicyclic) bond motifs is 1. The first-order chi connectivity index (χ1) is 12.0. The van der Waals surface area contributed by atoms with Crippen molar-refractivity contribution >= 4 is 11.7 Å². The zero-order valence-corrected chi connectivity index (χ0v) is 14.7. The molecule has 0 amide bonds. The number of nitro groups is 1. The van der Waals surface area contributed by atoms with Crippen LogP contribution in [0.4, 0.5) is 5.69 Å². The third-order valence-corrected chi connectivity index (χ3v) is 5.56. The highest BCUT2D eigenvalue weighted by atomic mass is 16.6. The summed E-state index contributed by atoms with van der Waals surface area (Å²) in [4.78, 5) is 24.5. The molecule has 3 atom stereocenters. The number of benzene rings is 1. The lowest BCUT2D eigenvalue weighted by atomic mass is 9.75. The molecule has 0 bridgehead atoms. The third kappa shape index (κ3) is 4.57. The van der Waals surface area contributed by atoms with Crippen LogP contribution in [-0.2, 0) is 9.53 Å². The molecule has 2 fully saturated rings. The summed E-state index contributed by atoms with van der Waals surface area (Å²) in [6.45, 7) is 4.03. The van der Waals surface area contributed by atoms with Crippen molar-refractivity contribution in [2.24, 2.45) is 11.8 Å². The van der Waals surface area contributed by atoms with E-state index >= 15 is 0 Å². The zero-order valence-electron chi connectivity index (χ0n) is 14.7. The number of esters is 1. The van der Waals surface area contributed by atoms with Crippen LogP contribution in [0.25, 0.3) is 0 Å². The van der Waals surface area contributed by atoms with Crippen LogP contribution in [0.5, 0.6) is 0 Å². The lowest BCUT2D eigenvalue weighted by Gasteiger charge is -2.42. The van der Waals surface area contributed by atoms with Crippen molar-refractivity contribution in [1.82, 2.24) is 4.90 Å². The Morgan fingerprint density at radius 3 is 2.80 bits per heavy atom. The summed E-state index contributed by atoms with van der Waals surface area (Å²) < 4.78 is 5.51. The summed E-state index contributed by atoms with van der Waals surface area (Å²) in [5, 5.41) is 11.0. The molecular formula is C19H26N2O4. The van der Waals surface area contributed by atoms with Gasteiger partial charge in [0.15, 0.2) is 0 Å². The Hall–Kier alpha value is -1.95. The lowest BCUT2D eigenvalue weighted by molar-refractivity contribution is -0.385. The molecule has 25 heavy (non-hydrogen) atoms. The number of hydrogen-bond donors (Lipinski definition) is 0. The second-order valence-electron chi connectivity index (χ2n) is 7.30. The van der Waals surface area contributed by atoms with Gasteiger partial charge in [-0.15, -0.1) is 0 Å². The van der Waals surface area contributed by atoms with E-state index in [-0.39, 0.29) is 11.7 Å². The fourth-order valence-corrected chi connectivity index (χ4v) is 4.33. The molecule has 6 heteroatoms. The fraction of sp³-hybridized carbons (Fsp3) is 0.632. The average molecular weight is 346 g/mol. The van der Waals surface area contributed by atoms with Crippen LogP contribution in [0.2, 0.25) is 0 Å². The van der Waals surface area contributed by atoms with Gasteiger partial charge in [-0.1, -0.05) is 31.4 Å². The van der Waals surface area contributed by atoms with E-state index in [4.69, 9.17) is 4.74 Å². The minimum Gasteiger partial charge on any atom is -0.456 e. The molecule has 0 spiro atoms. The highest BCUT2D eigenvalue weighted by molar-refractivity contribution is 5.66. The highest BCUT2D eigenvalue weighted by Gasteiger charge is 2.32. The van der Waals surface area contributed by atoms with Crippen molar-refractivity contribution in [2.45, 2.75) is 45.1 Å². The third-order valence-electron chi connectivity index (χ3n) is 5.56. The maximum Gasteiger partial charge on any atom is 0.303 e. The van der Waals surface area contributed by atoms with Gasteiger partial charge in [0.25, 0.3) is 5.69 Å². The number of carbonyl (C=O) groups is 1. The van der Waals surface area contributed by atoms with Gasteiger partial charge >= 0.3 is 5.97 Å². The van der Waals surface area contributed by atoms with Crippen molar-refractivity contribution in [3.8, 4) is 0 Å². The molecule has 1 heterocycles. The van der Waals surface area contributed by atoms with Crippen LogP contribution in [0.3, 0.4) is 0 Å². The Bertz CT molecular complexity index is 634. The highest BCUT2D eigenvalue weighted by Crippen LogP contribution is 2.36. The number of carbonyl (C=O) groups excluding carboxylic acids is 1. The molecule has 1 aromatic carbocycles. The molecule has 0 aromatic heterocycles. The Morgan fingerprint density at radius 2 is 2.08 bits per heavy atom. The topological polar surface area (TPSA) is 72.7 Å². The van der Waals surface area contributed by atoms with E-state index < -0.39 is 11.0 Å². The molecule has 1 unspecified atom stereocenters. The number of rotatable bonds is 5. The standard InChI is InChI=1S/C19H26N2O4/c1-14(22)25-19(16-7-4-8-18(11-16)21(23)24)13-20-10-9-15-5-2-3-6-17(15)12-20/h4,7-8,11,15,17,19H,2-3,5-6,9-10,12-13H2,1H3/t15-,17-,19?/m1/s1. The second-order valence-corrected chi connectivity index (χ2v) is 7.30. The van der Waals surface area contributed by atoms with Crippen LogP contribution in [0.1, 0.15) is 50.7 Å². The molecule has 1 saturated carbocycles. The number of non-ortho nitro benzene ring substituents is 1. The van der Waals surface area contributed by atoms with Crippen LogP contribution in [0, 0.1) is 22.0 Å². The summed E-state index contributed by atoms with van der Waals surface area (Å²) >= 11 is 0. The first-order valence-electron chi connectivity index (χ1n) is 9.17. The smallest absolute Gasteiger partial charge is 0.303 e. The number of piperidine rings is 1. The zero-order chi connectivity index (χ0) is 17.8. The minimum atomic E-state index is -0.461. The second kappa shape index (κ2) is 7.95. The van der Waals surface area contributed by atoms with Crippen molar-refractivity contribution < 1.29 is 14.5 Å². The Balaban J connectivity index is 1.71. The number of nitrogens with zero attached hydrogens (tertiary/aromatic N) is 2. The molecule has 1 aromatic rings. The van der Waals surface area contributed by atoms with E-state index in [9.17, 15) is 14.9 Å². The van der Waals surface area contributed by atoms with E-state index in [1.165, 1.54) is 51.2 Å². The molecule has 136 valence electrons. The molecule has 1 aliphatic heterocycles. The molecule has 1 saturated heterocycles. The number of likely N-dealkylation sites (tertiary alicyclic amines) is 1. The van der Waals surface area contributed by atoms with Gasteiger partial charge in [0.2, 0.25) is 0 Å². The van der Waals surface area contributed by atoms with E-state index in [0.29, 0.717) is 12.1 Å². The Morgan fingerprint density at radius 1 is 1.32 bits per heavy atom. The average Bonchev–Trinajstić information content (AvgIpc) is 2.61. The van der Waals surface area contributed by atoms with Crippen LogP contribution >= 0.6 is 0 Å². The van der Waals surface area contributed by atoms with Gasteiger partial charge in [-0.25, -0.2) is 0 Å². The molecule has 0 radical (unpaired) electrons. The van der Waals surface area contributed by atoms with Crippen LogP contribution < -0.4 is 0 Å². The summed E-state index contributed by atoms with van der Waals surface area (Å²) in [7, 11) is 0. The monoisotopic (exact) mass is 346 g/mol. The first kappa shape index (κ1) is 17.9. The van der Waals surface area contributed by atoms with Crippen molar-refractivity contribution in [1.29, 1.82) is 0 Å². The van der Waals surface area contributed by atoms with E-state index in [2.05, 4.69) is 4.90 Å². The molecule has 1 aliphatic carbocycles. The summed E-state index contributed by atoms with van der Waals surface area (Å²) in [6, 6.07) is 6.42. The molecular weight excluding hydrogens is 320 g/mol. The Kier molecular flexibility index (Phi) is 5.68. The van der Waals surface area contributed by atoms with Gasteiger partial charge in [0, 0.05) is 37.7 Å². The summed E-state index contributed by atoms with van der Waals surface area (Å²) in [6.07, 6.45) is 6.04. The normalized spacial score (nSPS) is 25.0. The number of ether oxygens (including phenoxy) is 1. The van der Waals surface area contributed by atoms with Crippen molar-refractivity contribution in [2.75, 3.05) is 19.6 Å². The van der Waals surface area contributed by atoms with Gasteiger partial charge in [0.05, 0.1) is 4.92 Å². The van der Waals surface area contributed by atoms with Gasteiger partial charge in [-0.2, -0.15) is 0 Å². The maximum absolute atomic E-state index is 11.5. The lowest BCUT2D eigenvalue weighted by Crippen LogP contribution is -2.43. The molecule has 0 N–H and O–H groups in total.